The highest BCUT2D eigenvalue weighted by atomic mass is 35.5. The number of amides is 2. The van der Waals surface area contributed by atoms with Gasteiger partial charge >= 0.3 is 6.09 Å². The van der Waals surface area contributed by atoms with Crippen LogP contribution in [0, 0.1) is 0 Å². The number of carbonyl (C=O) groups excluding carboxylic acids is 2. The molecule has 1 unspecified atom stereocenters. The van der Waals surface area contributed by atoms with Gasteiger partial charge in [-0.25, -0.2) is 4.79 Å². The highest BCUT2D eigenvalue weighted by Crippen LogP contribution is 2.28. The summed E-state index contributed by atoms with van der Waals surface area (Å²) < 4.78 is 11.0. The Morgan fingerprint density at radius 3 is 2.63 bits per heavy atom. The third-order valence-electron chi connectivity index (χ3n) is 4.78. The second-order valence-electron chi connectivity index (χ2n) is 6.92. The van der Waals surface area contributed by atoms with Crippen molar-refractivity contribution in [3.05, 3.63) is 28.8 Å². The second-order valence-corrected chi connectivity index (χ2v) is 7.35. The van der Waals surface area contributed by atoms with Gasteiger partial charge in [-0.3, -0.25) is 9.69 Å². The van der Waals surface area contributed by atoms with Crippen LogP contribution in [0.3, 0.4) is 0 Å². The van der Waals surface area contributed by atoms with Crippen LogP contribution >= 0.6 is 11.6 Å². The molecule has 3 rings (SSSR count). The predicted molar refractivity (Wildman–Crippen MR) is 102 cm³/mol. The molecule has 2 aliphatic rings. The minimum Gasteiger partial charge on any atom is -0.489 e. The van der Waals surface area contributed by atoms with Gasteiger partial charge in [0.05, 0.1) is 13.2 Å². The van der Waals surface area contributed by atoms with E-state index in [0.29, 0.717) is 57.4 Å². The van der Waals surface area contributed by atoms with Gasteiger partial charge in [-0.05, 0) is 32.0 Å². The topological polar surface area (TPSA) is 62.3 Å². The van der Waals surface area contributed by atoms with Gasteiger partial charge < -0.3 is 19.3 Å². The molecule has 7 nitrogen and oxygen atoms in total. The van der Waals surface area contributed by atoms with Crippen molar-refractivity contribution in [2.45, 2.75) is 26.5 Å². The third kappa shape index (κ3) is 5.05. The van der Waals surface area contributed by atoms with E-state index in [-0.39, 0.29) is 18.1 Å². The first-order valence-corrected chi connectivity index (χ1v) is 9.71. The molecule has 2 amide bonds. The van der Waals surface area contributed by atoms with Crippen molar-refractivity contribution in [1.29, 1.82) is 0 Å². The number of hydrogen-bond acceptors (Lipinski definition) is 5. The normalized spacial score (nSPS) is 20.5. The van der Waals surface area contributed by atoms with E-state index in [2.05, 4.69) is 4.90 Å². The molecular weight excluding hydrogens is 370 g/mol. The standard InChI is InChI=1S/C19H26ClN3O4/c1-3-26-19(25)23-8-6-22(7-9-23)18(24)13-21-11-14(2)27-17-5-4-16(20)10-15(17)12-21/h4-5,10,14H,3,6-9,11-13H2,1-2H3. The monoisotopic (exact) mass is 395 g/mol. The summed E-state index contributed by atoms with van der Waals surface area (Å²) >= 11 is 6.11. The maximum Gasteiger partial charge on any atom is 0.409 e. The molecule has 8 heteroatoms. The summed E-state index contributed by atoms with van der Waals surface area (Å²) in [4.78, 5) is 30.1. The van der Waals surface area contributed by atoms with Gasteiger partial charge in [0.15, 0.2) is 0 Å². The van der Waals surface area contributed by atoms with Crippen LogP contribution in [0.1, 0.15) is 19.4 Å². The van der Waals surface area contributed by atoms with Gasteiger partial charge in [0.25, 0.3) is 0 Å². The highest BCUT2D eigenvalue weighted by Gasteiger charge is 2.27. The highest BCUT2D eigenvalue weighted by molar-refractivity contribution is 6.30. The van der Waals surface area contributed by atoms with Crippen molar-refractivity contribution in [3.63, 3.8) is 0 Å². The van der Waals surface area contributed by atoms with Gasteiger partial charge in [-0.15, -0.1) is 0 Å². The predicted octanol–water partition coefficient (Wildman–Crippen LogP) is 2.22. The summed E-state index contributed by atoms with van der Waals surface area (Å²) in [6, 6.07) is 5.59. The van der Waals surface area contributed by atoms with Crippen molar-refractivity contribution in [2.75, 3.05) is 45.9 Å². The Morgan fingerprint density at radius 2 is 1.93 bits per heavy atom. The first-order valence-electron chi connectivity index (χ1n) is 9.33. The van der Waals surface area contributed by atoms with E-state index in [4.69, 9.17) is 21.1 Å². The molecule has 0 N–H and O–H groups in total. The fraction of sp³-hybridized carbons (Fsp3) is 0.579. The van der Waals surface area contributed by atoms with Crippen molar-refractivity contribution in [2.24, 2.45) is 0 Å². The zero-order chi connectivity index (χ0) is 19.4. The Hall–Kier alpha value is -1.99. The summed E-state index contributed by atoms with van der Waals surface area (Å²) in [6.07, 6.45) is -0.322. The largest absolute Gasteiger partial charge is 0.489 e. The molecular formula is C19H26ClN3O4. The van der Waals surface area contributed by atoms with Crippen LogP contribution in [-0.4, -0.2) is 78.7 Å². The van der Waals surface area contributed by atoms with E-state index >= 15 is 0 Å². The molecule has 1 atom stereocenters. The van der Waals surface area contributed by atoms with E-state index in [1.165, 1.54) is 0 Å². The third-order valence-corrected chi connectivity index (χ3v) is 5.01. The van der Waals surface area contributed by atoms with Crippen LogP contribution in [0.4, 0.5) is 4.79 Å². The number of hydrogen-bond donors (Lipinski definition) is 0. The first-order chi connectivity index (χ1) is 13.0. The minimum absolute atomic E-state index is 0.0131. The van der Waals surface area contributed by atoms with Crippen molar-refractivity contribution >= 4 is 23.6 Å². The molecule has 0 aliphatic carbocycles. The van der Waals surface area contributed by atoms with E-state index in [0.717, 1.165) is 11.3 Å². The minimum atomic E-state index is -0.309. The van der Waals surface area contributed by atoms with Gasteiger partial charge in [-0.2, -0.15) is 0 Å². The molecule has 0 radical (unpaired) electrons. The molecule has 0 spiro atoms. The smallest absolute Gasteiger partial charge is 0.409 e. The summed E-state index contributed by atoms with van der Waals surface area (Å²) in [7, 11) is 0. The Balaban J connectivity index is 1.57. The molecule has 1 saturated heterocycles. The van der Waals surface area contributed by atoms with Crippen molar-refractivity contribution < 1.29 is 19.1 Å². The van der Waals surface area contributed by atoms with Gasteiger partial charge in [0.1, 0.15) is 11.9 Å². The van der Waals surface area contributed by atoms with E-state index < -0.39 is 0 Å². The average molecular weight is 396 g/mol. The molecule has 1 aromatic carbocycles. The van der Waals surface area contributed by atoms with Gasteiger partial charge in [0, 0.05) is 49.9 Å². The number of fused-ring (bicyclic) bond motifs is 1. The number of nitrogens with zero attached hydrogens (tertiary/aromatic N) is 3. The molecule has 27 heavy (non-hydrogen) atoms. The Kier molecular flexibility index (Phi) is 6.44. The summed E-state index contributed by atoms with van der Waals surface area (Å²) in [5.41, 5.74) is 0.992. The molecule has 148 valence electrons. The zero-order valence-electron chi connectivity index (χ0n) is 15.8. The van der Waals surface area contributed by atoms with Crippen molar-refractivity contribution in [3.8, 4) is 5.75 Å². The number of piperazine rings is 1. The summed E-state index contributed by atoms with van der Waals surface area (Å²) in [5, 5.41) is 0.660. The van der Waals surface area contributed by atoms with Crippen LogP contribution in [-0.2, 0) is 16.1 Å². The molecule has 0 saturated carbocycles. The van der Waals surface area contributed by atoms with Crippen molar-refractivity contribution in [1.82, 2.24) is 14.7 Å². The van der Waals surface area contributed by atoms with Gasteiger partial charge in [-0.1, -0.05) is 11.6 Å². The SMILES string of the molecule is CCOC(=O)N1CCN(C(=O)CN2Cc3cc(Cl)ccc3OC(C)C2)CC1. The number of ether oxygens (including phenoxy) is 2. The van der Waals surface area contributed by atoms with Crippen LogP contribution < -0.4 is 4.74 Å². The number of rotatable bonds is 3. The van der Waals surface area contributed by atoms with Crippen LogP contribution in [0.2, 0.25) is 5.02 Å². The van der Waals surface area contributed by atoms with Crippen LogP contribution in [0.25, 0.3) is 0 Å². The first kappa shape index (κ1) is 19.8. The average Bonchev–Trinajstić information content (AvgIpc) is 2.79. The van der Waals surface area contributed by atoms with Crippen LogP contribution in [0.15, 0.2) is 18.2 Å². The second kappa shape index (κ2) is 8.80. The van der Waals surface area contributed by atoms with Crippen LogP contribution in [0.5, 0.6) is 5.75 Å². The van der Waals surface area contributed by atoms with E-state index in [1.54, 1.807) is 11.8 Å². The molecule has 0 bridgehead atoms. The summed E-state index contributed by atoms with van der Waals surface area (Å²) in [5.74, 6) is 0.890. The quantitative estimate of drug-likeness (QED) is 0.785. The van der Waals surface area contributed by atoms with E-state index in [9.17, 15) is 9.59 Å². The molecule has 2 heterocycles. The Labute approximate surface area is 164 Å². The lowest BCUT2D eigenvalue weighted by Crippen LogP contribution is -2.53. The molecule has 1 fully saturated rings. The Bertz CT molecular complexity index is 692. The summed E-state index contributed by atoms with van der Waals surface area (Å²) in [6.45, 7) is 7.81. The molecule has 2 aliphatic heterocycles. The molecule has 0 aromatic heterocycles. The maximum atomic E-state index is 12.7. The zero-order valence-corrected chi connectivity index (χ0v) is 16.6. The lowest BCUT2D eigenvalue weighted by Gasteiger charge is -2.35. The fourth-order valence-electron chi connectivity index (χ4n) is 3.47. The number of benzene rings is 1. The number of carbonyl (C=O) groups is 2. The lowest BCUT2D eigenvalue weighted by molar-refractivity contribution is -0.134. The van der Waals surface area contributed by atoms with E-state index in [1.807, 2.05) is 30.0 Å². The lowest BCUT2D eigenvalue weighted by atomic mass is 10.2. The Morgan fingerprint density at radius 1 is 1.22 bits per heavy atom. The maximum absolute atomic E-state index is 12.7. The molecule has 1 aromatic rings. The fourth-order valence-corrected chi connectivity index (χ4v) is 3.67. The van der Waals surface area contributed by atoms with Gasteiger partial charge in [0.2, 0.25) is 5.91 Å². The number of halogens is 1.